The summed E-state index contributed by atoms with van der Waals surface area (Å²) in [6.07, 6.45) is 1.80. The highest BCUT2D eigenvalue weighted by Gasteiger charge is 2.18. The predicted molar refractivity (Wildman–Crippen MR) is 109 cm³/mol. The molecule has 2 aromatic rings. The lowest BCUT2D eigenvalue weighted by atomic mass is 10.2. The monoisotopic (exact) mass is 417 g/mol. The van der Waals surface area contributed by atoms with Gasteiger partial charge in [0.2, 0.25) is 0 Å². The first-order chi connectivity index (χ1) is 14.0. The van der Waals surface area contributed by atoms with E-state index in [1.807, 2.05) is 0 Å². The number of methoxy groups -OCH3 is 1. The molecule has 29 heavy (non-hydrogen) atoms. The summed E-state index contributed by atoms with van der Waals surface area (Å²) in [5.41, 5.74) is 1.13. The van der Waals surface area contributed by atoms with Crippen molar-refractivity contribution < 1.29 is 28.5 Å². The molecular weight excluding hydrogens is 398 g/mol. The van der Waals surface area contributed by atoms with Crippen molar-refractivity contribution in [2.24, 2.45) is 0 Å². The summed E-state index contributed by atoms with van der Waals surface area (Å²) < 4.78 is 21.3. The first kappa shape index (κ1) is 20.5. The number of hydrogen-bond donors (Lipinski definition) is 1. The molecule has 0 saturated carbocycles. The Morgan fingerprint density at radius 3 is 2.66 bits per heavy atom. The standard InChI is InChI=1S/C21H20ClNO6/c1-13(21(25)23-16-12-15(22)5-7-17(16)26-2)29-20(24)8-4-14-3-6-18-19(11-14)28-10-9-27-18/h3-8,11-13H,9-10H2,1-2H3,(H,23,25)/b8-4+/t13-/m1/s1. The first-order valence-corrected chi connectivity index (χ1v) is 9.27. The maximum absolute atomic E-state index is 12.3. The predicted octanol–water partition coefficient (Wildman–Crippen LogP) is 3.70. The van der Waals surface area contributed by atoms with Crippen LogP contribution < -0.4 is 19.5 Å². The normalized spacial score (nSPS) is 13.6. The Labute approximate surface area is 173 Å². The third kappa shape index (κ3) is 5.42. The van der Waals surface area contributed by atoms with E-state index in [2.05, 4.69) is 5.32 Å². The molecule has 0 spiro atoms. The number of rotatable bonds is 6. The van der Waals surface area contributed by atoms with E-state index < -0.39 is 18.0 Å². The maximum Gasteiger partial charge on any atom is 0.331 e. The van der Waals surface area contributed by atoms with Gasteiger partial charge < -0.3 is 24.3 Å². The summed E-state index contributed by atoms with van der Waals surface area (Å²) in [6.45, 7) is 2.46. The molecule has 1 aliphatic rings. The number of anilines is 1. The Hall–Kier alpha value is -3.19. The van der Waals surface area contributed by atoms with Crippen molar-refractivity contribution in [1.29, 1.82) is 0 Å². The van der Waals surface area contributed by atoms with Gasteiger partial charge in [0.25, 0.3) is 5.91 Å². The molecule has 3 rings (SSSR count). The molecule has 2 aromatic carbocycles. The number of benzene rings is 2. The van der Waals surface area contributed by atoms with E-state index in [1.54, 1.807) is 42.5 Å². The van der Waals surface area contributed by atoms with Crippen LogP contribution in [-0.2, 0) is 14.3 Å². The summed E-state index contributed by atoms with van der Waals surface area (Å²) in [4.78, 5) is 24.4. The van der Waals surface area contributed by atoms with Crippen molar-refractivity contribution in [3.8, 4) is 17.2 Å². The van der Waals surface area contributed by atoms with Crippen molar-refractivity contribution in [2.75, 3.05) is 25.6 Å². The summed E-state index contributed by atoms with van der Waals surface area (Å²) in [7, 11) is 1.48. The van der Waals surface area contributed by atoms with Gasteiger partial charge in [0.15, 0.2) is 17.6 Å². The second-order valence-electron chi connectivity index (χ2n) is 6.15. The summed E-state index contributed by atoms with van der Waals surface area (Å²) in [6, 6.07) is 10.1. The number of carbonyl (C=O) groups is 2. The number of ether oxygens (including phenoxy) is 4. The van der Waals surface area contributed by atoms with Crippen LogP contribution in [0, 0.1) is 0 Å². The first-order valence-electron chi connectivity index (χ1n) is 8.89. The number of hydrogen-bond acceptors (Lipinski definition) is 6. The average molecular weight is 418 g/mol. The Morgan fingerprint density at radius 2 is 1.90 bits per heavy atom. The number of esters is 1. The molecular formula is C21H20ClNO6. The van der Waals surface area contributed by atoms with Gasteiger partial charge in [0.05, 0.1) is 12.8 Å². The minimum Gasteiger partial charge on any atom is -0.495 e. The molecule has 0 aliphatic carbocycles. The highest BCUT2D eigenvalue weighted by Crippen LogP contribution is 2.31. The van der Waals surface area contributed by atoms with E-state index in [0.717, 1.165) is 5.56 Å². The Morgan fingerprint density at radius 1 is 1.14 bits per heavy atom. The lowest BCUT2D eigenvalue weighted by Gasteiger charge is -2.18. The third-order valence-corrected chi connectivity index (χ3v) is 4.29. The van der Waals surface area contributed by atoms with Gasteiger partial charge in [0, 0.05) is 11.1 Å². The topological polar surface area (TPSA) is 83.1 Å². The molecule has 0 fully saturated rings. The molecule has 0 radical (unpaired) electrons. The fourth-order valence-corrected chi connectivity index (χ4v) is 2.78. The number of fused-ring (bicyclic) bond motifs is 1. The number of carbonyl (C=O) groups excluding carboxylic acids is 2. The van der Waals surface area contributed by atoms with E-state index in [4.69, 9.17) is 30.5 Å². The highest BCUT2D eigenvalue weighted by atomic mass is 35.5. The molecule has 0 bridgehead atoms. The summed E-state index contributed by atoms with van der Waals surface area (Å²) in [5.74, 6) is 0.569. The van der Waals surface area contributed by atoms with Gasteiger partial charge in [-0.1, -0.05) is 17.7 Å². The Balaban J connectivity index is 1.58. The molecule has 1 aliphatic heterocycles. The van der Waals surface area contributed by atoms with Gasteiger partial charge in [0.1, 0.15) is 19.0 Å². The van der Waals surface area contributed by atoms with Crippen molar-refractivity contribution in [1.82, 2.24) is 0 Å². The lowest BCUT2D eigenvalue weighted by Crippen LogP contribution is -2.29. The fraction of sp³-hybridized carbons (Fsp3) is 0.238. The van der Waals surface area contributed by atoms with Crippen molar-refractivity contribution in [2.45, 2.75) is 13.0 Å². The Bertz CT molecular complexity index is 943. The quantitative estimate of drug-likeness (QED) is 0.570. The van der Waals surface area contributed by atoms with Crippen LogP contribution in [0.4, 0.5) is 5.69 Å². The van der Waals surface area contributed by atoms with Crippen LogP contribution in [0.15, 0.2) is 42.5 Å². The van der Waals surface area contributed by atoms with E-state index in [-0.39, 0.29) is 0 Å². The SMILES string of the molecule is COc1ccc(Cl)cc1NC(=O)[C@@H](C)OC(=O)/C=C/c1ccc2c(c1)OCCO2. The van der Waals surface area contributed by atoms with Crippen LogP contribution in [-0.4, -0.2) is 38.3 Å². The molecule has 0 aromatic heterocycles. The lowest BCUT2D eigenvalue weighted by molar-refractivity contribution is -0.148. The third-order valence-electron chi connectivity index (χ3n) is 4.06. The van der Waals surface area contributed by atoms with Gasteiger partial charge >= 0.3 is 5.97 Å². The zero-order chi connectivity index (χ0) is 20.8. The minimum absolute atomic E-state index is 0.389. The second kappa shape index (κ2) is 9.34. The molecule has 0 saturated heterocycles. The Kier molecular flexibility index (Phi) is 6.61. The van der Waals surface area contributed by atoms with Crippen molar-refractivity contribution >= 4 is 35.2 Å². The van der Waals surface area contributed by atoms with Crippen LogP contribution >= 0.6 is 11.6 Å². The zero-order valence-corrected chi connectivity index (χ0v) is 16.7. The van der Waals surface area contributed by atoms with Crippen LogP contribution in [0.25, 0.3) is 6.08 Å². The molecule has 1 N–H and O–H groups in total. The summed E-state index contributed by atoms with van der Waals surface area (Å²) >= 11 is 5.95. The van der Waals surface area contributed by atoms with Crippen LogP contribution in [0.3, 0.4) is 0 Å². The minimum atomic E-state index is -1.02. The van der Waals surface area contributed by atoms with Gasteiger partial charge in [-0.3, -0.25) is 4.79 Å². The molecule has 1 heterocycles. The average Bonchev–Trinajstić information content (AvgIpc) is 2.72. The molecule has 0 unspecified atom stereocenters. The molecule has 152 valence electrons. The van der Waals surface area contributed by atoms with Gasteiger partial charge in [-0.2, -0.15) is 0 Å². The molecule has 8 heteroatoms. The molecule has 1 atom stereocenters. The molecule has 7 nitrogen and oxygen atoms in total. The number of amides is 1. The van der Waals surface area contributed by atoms with Gasteiger partial charge in [-0.05, 0) is 48.9 Å². The van der Waals surface area contributed by atoms with Crippen molar-refractivity contribution in [3.63, 3.8) is 0 Å². The van der Waals surface area contributed by atoms with E-state index in [9.17, 15) is 9.59 Å². The second-order valence-corrected chi connectivity index (χ2v) is 6.59. The van der Waals surface area contributed by atoms with Gasteiger partial charge in [-0.25, -0.2) is 4.79 Å². The van der Waals surface area contributed by atoms with E-state index >= 15 is 0 Å². The van der Waals surface area contributed by atoms with Gasteiger partial charge in [-0.15, -0.1) is 0 Å². The van der Waals surface area contributed by atoms with E-state index in [1.165, 1.54) is 20.1 Å². The highest BCUT2D eigenvalue weighted by molar-refractivity contribution is 6.31. The smallest absolute Gasteiger partial charge is 0.331 e. The number of halogens is 1. The van der Waals surface area contributed by atoms with E-state index in [0.29, 0.717) is 41.2 Å². The van der Waals surface area contributed by atoms with Crippen LogP contribution in [0.5, 0.6) is 17.2 Å². The maximum atomic E-state index is 12.3. The summed E-state index contributed by atoms with van der Waals surface area (Å²) in [5, 5.41) is 3.07. The molecule has 1 amide bonds. The van der Waals surface area contributed by atoms with Crippen LogP contribution in [0.2, 0.25) is 5.02 Å². The van der Waals surface area contributed by atoms with Crippen LogP contribution in [0.1, 0.15) is 12.5 Å². The zero-order valence-electron chi connectivity index (χ0n) is 15.9. The van der Waals surface area contributed by atoms with Crippen molar-refractivity contribution in [3.05, 3.63) is 53.1 Å². The largest absolute Gasteiger partial charge is 0.495 e. The number of nitrogens with one attached hydrogen (secondary N) is 1. The fourth-order valence-electron chi connectivity index (χ4n) is 2.61.